The van der Waals surface area contributed by atoms with Crippen LogP contribution in [0.4, 0.5) is 4.39 Å². The van der Waals surface area contributed by atoms with E-state index < -0.39 is 0 Å². The number of hydrogen-bond donors (Lipinski definition) is 0. The summed E-state index contributed by atoms with van der Waals surface area (Å²) in [6.45, 7) is 6.02. The van der Waals surface area contributed by atoms with Gasteiger partial charge in [-0.05, 0) is 187 Å². The van der Waals surface area contributed by atoms with Crippen molar-refractivity contribution in [2.45, 2.75) is 117 Å². The number of nitrogens with zero attached hydrogens (tertiary/aromatic N) is 16. The second-order valence-corrected chi connectivity index (χ2v) is 29.8. The van der Waals surface area contributed by atoms with Crippen LogP contribution in [0.1, 0.15) is 137 Å². The Morgan fingerprint density at radius 1 is 0.252 bits per heavy atom. The summed E-state index contributed by atoms with van der Waals surface area (Å²) in [6, 6.07) is 76.5. The minimum absolute atomic E-state index is 0.181. The third kappa shape index (κ3) is 20.9. The third-order valence-electron chi connectivity index (χ3n) is 21.1. The number of benzene rings is 9. The van der Waals surface area contributed by atoms with Crippen LogP contribution in [0.2, 0.25) is 0 Å². The lowest BCUT2D eigenvalue weighted by Gasteiger charge is -2.04. The summed E-state index contributed by atoms with van der Waals surface area (Å²) in [4.78, 5) is 73.5. The van der Waals surface area contributed by atoms with E-state index in [0.29, 0.717) is 11.1 Å². The van der Waals surface area contributed by atoms with E-state index in [0.717, 1.165) is 220 Å². The summed E-state index contributed by atoms with van der Waals surface area (Å²) in [6.07, 6.45) is 37.1. The number of fused-ring (bicyclic) bond motifs is 5. The molecule has 9 aromatic carbocycles. The highest BCUT2D eigenvalue weighted by molar-refractivity contribution is 5.99. The van der Waals surface area contributed by atoms with Crippen molar-refractivity contribution in [2.75, 3.05) is 0 Å². The van der Waals surface area contributed by atoms with Crippen LogP contribution in [-0.2, 0) is 32.1 Å². The predicted octanol–water partition coefficient (Wildman–Crippen LogP) is 22.7. The van der Waals surface area contributed by atoms with Crippen LogP contribution in [0, 0.1) is 26.6 Å². The standard InChI is InChI=1S/C21H18FN3.2C21H19N3.C20H17N3.C19H16N4/c1-14-5-4-6-17(21(14)22)18-12-11-15(24-18)9-10-16-13-23-19-7-2-3-8-20(19)25-16;1-15-5-4-6-16(13-15)19-12-11-17(23-19)9-10-18-14-22-20-7-2-3-8-21(20)24-18;1-15-6-2-3-7-18(15)19-13-12-16(23-19)10-11-17-14-22-20-8-4-5-9-21(20)24-17;1-2-6-15(7-3-1)18-13-12-16(22-18)10-11-17-14-21-19-8-4-5-9-20(19)23-17;1-2-4-19-18(3-1)21-13-16(23-19)6-5-15-7-8-17(22-15)14-9-11-20-12-10-14/h2-8,12-13H,9-11H2,1H3;2-8,12-14H,9-11H2,1H3;2-9,13-14H,10-12H2,1H3;1-9,13-14H,10-12H2;1-4,8-13H,5-7H2. The molecule has 0 N–H and O–H groups in total. The van der Waals surface area contributed by atoms with Gasteiger partial charge in [0.1, 0.15) is 5.82 Å². The van der Waals surface area contributed by atoms with Gasteiger partial charge >= 0.3 is 0 Å². The molecule has 0 bridgehead atoms. The van der Waals surface area contributed by atoms with E-state index in [1.54, 1.807) is 31.5 Å². The average Bonchev–Trinajstić information content (AvgIpc) is 1.21. The summed E-state index contributed by atoms with van der Waals surface area (Å²) in [5.74, 6) is -0.181. The summed E-state index contributed by atoms with van der Waals surface area (Å²) >= 11 is 0. The first-order valence-electron chi connectivity index (χ1n) is 40.8. The molecule has 584 valence electrons. The van der Waals surface area contributed by atoms with Gasteiger partial charge in [-0.1, -0.05) is 182 Å². The maximum Gasteiger partial charge on any atom is 0.135 e. The number of para-hydroxylation sites is 10. The second kappa shape index (κ2) is 38.5. The number of pyridine rings is 1. The molecule has 0 atom stereocenters. The molecule has 6 aromatic heterocycles. The lowest BCUT2D eigenvalue weighted by molar-refractivity contribution is 0.614. The second-order valence-electron chi connectivity index (χ2n) is 29.8. The van der Waals surface area contributed by atoms with Gasteiger partial charge in [0.25, 0.3) is 0 Å². The quantitative estimate of drug-likeness (QED) is 0.0702. The summed E-state index contributed by atoms with van der Waals surface area (Å²) in [7, 11) is 0. The van der Waals surface area contributed by atoms with Gasteiger partial charge in [-0.3, -0.25) is 54.9 Å². The van der Waals surface area contributed by atoms with E-state index in [1.807, 2.05) is 195 Å². The number of halogens is 1. The van der Waals surface area contributed by atoms with Crippen LogP contribution in [0.3, 0.4) is 0 Å². The van der Waals surface area contributed by atoms with Gasteiger partial charge in [0, 0.05) is 126 Å². The first-order chi connectivity index (χ1) is 58.5. The Morgan fingerprint density at radius 3 is 0.916 bits per heavy atom. The SMILES string of the molecule is C1=C(c2ccccc2)N=C(CCc2cnc3ccccc3n2)C1.C1=C(c2ccncc2)N=C(CCc2cnc3ccccc3n2)C1.Cc1cccc(C2=CCC(CCc3cnc4ccccc4n3)=N2)c1.Cc1cccc(C2=CCC(CCc3cnc4ccccc4n3)=N2)c1F.Cc1ccccc1C1=CCC(CCc2cnc3ccccc3n2)=N1. The minimum atomic E-state index is -0.181. The Hall–Kier alpha value is -14.2. The fourth-order valence-electron chi connectivity index (χ4n) is 14.6. The molecule has 0 saturated carbocycles. The van der Waals surface area contributed by atoms with Crippen LogP contribution < -0.4 is 0 Å². The normalized spacial score (nSPS) is 13.9. The highest BCUT2D eigenvalue weighted by Gasteiger charge is 2.19. The summed E-state index contributed by atoms with van der Waals surface area (Å²) in [5.41, 5.74) is 34.0. The zero-order chi connectivity index (χ0) is 80.9. The zero-order valence-corrected chi connectivity index (χ0v) is 67.0. The lowest BCUT2D eigenvalue weighted by atomic mass is 10.1. The average molecular weight is 1560 g/mol. The van der Waals surface area contributed by atoms with Crippen molar-refractivity contribution in [1.82, 2.24) is 54.8 Å². The van der Waals surface area contributed by atoms with Gasteiger partial charge in [-0.15, -0.1) is 0 Å². The maximum absolute atomic E-state index is 14.3. The van der Waals surface area contributed by atoms with E-state index in [9.17, 15) is 4.39 Å². The van der Waals surface area contributed by atoms with Crippen LogP contribution in [-0.4, -0.2) is 83.4 Å². The van der Waals surface area contributed by atoms with Gasteiger partial charge in [-0.2, -0.15) is 0 Å². The molecule has 0 aliphatic carbocycles. The zero-order valence-electron chi connectivity index (χ0n) is 67.0. The third-order valence-corrected chi connectivity index (χ3v) is 21.1. The number of aryl methyl sites for hydroxylation is 8. The largest absolute Gasteiger partial charge is 0.265 e. The van der Waals surface area contributed by atoms with Crippen LogP contribution >= 0.6 is 0 Å². The number of aromatic nitrogens is 11. The summed E-state index contributed by atoms with van der Waals surface area (Å²) in [5, 5.41) is 0. The van der Waals surface area contributed by atoms with Crippen molar-refractivity contribution < 1.29 is 4.39 Å². The van der Waals surface area contributed by atoms with E-state index in [4.69, 9.17) is 29.9 Å². The first-order valence-corrected chi connectivity index (χ1v) is 40.8. The fraction of sp³-hybridized carbons (Fsp3) is 0.176. The molecule has 5 aliphatic rings. The summed E-state index contributed by atoms with van der Waals surface area (Å²) < 4.78 is 14.3. The molecule has 0 unspecified atom stereocenters. The number of hydrogen-bond acceptors (Lipinski definition) is 16. The van der Waals surface area contributed by atoms with Gasteiger partial charge in [0.05, 0.1) is 112 Å². The van der Waals surface area contributed by atoms with Gasteiger partial charge in [0.15, 0.2) is 0 Å². The Balaban J connectivity index is 0.000000111. The highest BCUT2D eigenvalue weighted by atomic mass is 19.1. The van der Waals surface area contributed by atoms with E-state index in [1.165, 1.54) is 50.7 Å². The van der Waals surface area contributed by atoms with Gasteiger partial charge in [0.2, 0.25) is 0 Å². The smallest absolute Gasteiger partial charge is 0.135 e. The van der Waals surface area contributed by atoms with Crippen LogP contribution in [0.5, 0.6) is 0 Å². The lowest BCUT2D eigenvalue weighted by Crippen LogP contribution is -2.00. The molecule has 0 amide bonds. The number of aliphatic imine (C=N–C) groups is 5. The molecule has 16 nitrogen and oxygen atoms in total. The molecule has 17 heteroatoms. The molecule has 119 heavy (non-hydrogen) atoms. The van der Waals surface area contributed by atoms with Crippen molar-refractivity contribution in [3.8, 4) is 0 Å². The van der Waals surface area contributed by atoms with Crippen molar-refractivity contribution in [1.29, 1.82) is 0 Å². The Labute approximate surface area is 692 Å². The Bertz CT molecular complexity index is 6380. The van der Waals surface area contributed by atoms with Crippen molar-refractivity contribution in [3.63, 3.8) is 0 Å². The van der Waals surface area contributed by atoms with Gasteiger partial charge < -0.3 is 0 Å². The van der Waals surface area contributed by atoms with E-state index >= 15 is 0 Å². The number of rotatable bonds is 20. The van der Waals surface area contributed by atoms with Gasteiger partial charge in [-0.25, -0.2) is 29.3 Å². The van der Waals surface area contributed by atoms with Crippen LogP contribution in [0.25, 0.3) is 83.7 Å². The molecule has 11 heterocycles. The topological polar surface area (TPSA) is 204 Å². The molecule has 5 aliphatic heterocycles. The van der Waals surface area contributed by atoms with E-state index in [2.05, 4.69) is 149 Å². The Kier molecular flexibility index (Phi) is 25.5. The van der Waals surface area contributed by atoms with Crippen molar-refractivity contribution >= 4 is 112 Å². The van der Waals surface area contributed by atoms with Crippen LogP contribution in [0.15, 0.2) is 329 Å². The molecular formula is C102H89FN16. The monoisotopic (exact) mass is 1560 g/mol. The highest BCUT2D eigenvalue weighted by Crippen LogP contribution is 2.32. The Morgan fingerprint density at radius 2 is 0.538 bits per heavy atom. The molecule has 0 fully saturated rings. The molecular weight excluding hydrogens is 1470 g/mol. The fourth-order valence-corrected chi connectivity index (χ4v) is 14.6. The maximum atomic E-state index is 14.3. The minimum Gasteiger partial charge on any atom is -0.265 e. The number of allylic oxidation sites excluding steroid dienone is 5. The van der Waals surface area contributed by atoms with Crippen molar-refractivity contribution in [2.24, 2.45) is 25.0 Å². The molecule has 20 rings (SSSR count). The molecule has 0 spiro atoms. The molecule has 0 saturated heterocycles. The van der Waals surface area contributed by atoms with E-state index in [-0.39, 0.29) is 5.82 Å². The molecule has 0 radical (unpaired) electrons. The van der Waals surface area contributed by atoms with Crippen molar-refractivity contribution in [3.05, 3.63) is 383 Å². The first kappa shape index (κ1) is 78.7. The predicted molar refractivity (Wildman–Crippen MR) is 484 cm³/mol. The molecule has 15 aromatic rings.